The SMILES string of the molecule is CCOC(=O)Nc1ccc(NC2=C(C(=O)OC)CN(CCO)C2=O)c([N+](=O)[O-])c1. The van der Waals surface area contributed by atoms with Crippen LogP contribution in [0.1, 0.15) is 6.92 Å². The zero-order valence-corrected chi connectivity index (χ0v) is 15.8. The van der Waals surface area contributed by atoms with Crippen LogP contribution in [0.25, 0.3) is 0 Å². The summed E-state index contributed by atoms with van der Waals surface area (Å²) in [6.45, 7) is 1.30. The second kappa shape index (κ2) is 9.50. The van der Waals surface area contributed by atoms with Crippen LogP contribution in [0.3, 0.4) is 0 Å². The molecule has 0 spiro atoms. The molecule has 0 aliphatic carbocycles. The first-order chi connectivity index (χ1) is 13.8. The smallest absolute Gasteiger partial charge is 0.411 e. The van der Waals surface area contributed by atoms with Crippen molar-refractivity contribution in [1.29, 1.82) is 0 Å². The Balaban J connectivity index is 2.37. The normalized spacial score (nSPS) is 13.3. The van der Waals surface area contributed by atoms with E-state index < -0.39 is 28.6 Å². The molecule has 1 aliphatic heterocycles. The number of nitro groups is 1. The molecule has 0 saturated carbocycles. The van der Waals surface area contributed by atoms with Crippen molar-refractivity contribution in [3.05, 3.63) is 39.6 Å². The van der Waals surface area contributed by atoms with E-state index in [0.29, 0.717) is 0 Å². The summed E-state index contributed by atoms with van der Waals surface area (Å²) in [5.74, 6) is -1.38. The zero-order chi connectivity index (χ0) is 21.6. The molecule has 0 bridgehead atoms. The summed E-state index contributed by atoms with van der Waals surface area (Å²) in [6.07, 6.45) is -0.774. The first kappa shape index (κ1) is 21.6. The largest absolute Gasteiger partial charge is 0.466 e. The predicted octanol–water partition coefficient (Wildman–Crippen LogP) is 0.837. The summed E-state index contributed by atoms with van der Waals surface area (Å²) in [7, 11) is 1.14. The third-order valence-corrected chi connectivity index (χ3v) is 3.93. The van der Waals surface area contributed by atoms with Gasteiger partial charge in [-0.3, -0.25) is 20.2 Å². The molecule has 1 aliphatic rings. The van der Waals surface area contributed by atoms with Gasteiger partial charge in [-0.05, 0) is 19.1 Å². The summed E-state index contributed by atoms with van der Waals surface area (Å²) in [6, 6.07) is 3.74. The highest BCUT2D eigenvalue weighted by Crippen LogP contribution is 2.31. The maximum atomic E-state index is 12.5. The van der Waals surface area contributed by atoms with Crippen molar-refractivity contribution < 1.29 is 33.9 Å². The number of anilines is 2. The van der Waals surface area contributed by atoms with Crippen LogP contribution in [-0.4, -0.2) is 66.3 Å². The van der Waals surface area contributed by atoms with Crippen LogP contribution in [0.4, 0.5) is 21.9 Å². The van der Waals surface area contributed by atoms with Gasteiger partial charge in [0.15, 0.2) is 0 Å². The van der Waals surface area contributed by atoms with Crippen LogP contribution in [-0.2, 0) is 19.1 Å². The molecule has 0 radical (unpaired) electrons. The van der Waals surface area contributed by atoms with Crippen molar-refractivity contribution >= 4 is 35.0 Å². The molecular weight excluding hydrogens is 388 g/mol. The molecular formula is C17H20N4O8. The maximum Gasteiger partial charge on any atom is 0.411 e. The molecule has 0 unspecified atom stereocenters. The number of β-amino-alcohol motifs (C(OH)–C–C–N with tert-alkyl or cyclic N) is 1. The van der Waals surface area contributed by atoms with Gasteiger partial charge >= 0.3 is 12.1 Å². The average molecular weight is 408 g/mol. The molecule has 156 valence electrons. The highest BCUT2D eigenvalue weighted by Gasteiger charge is 2.35. The number of esters is 1. The van der Waals surface area contributed by atoms with E-state index in [1.54, 1.807) is 6.92 Å². The Kier molecular flexibility index (Phi) is 7.09. The number of carbonyl (C=O) groups is 3. The average Bonchev–Trinajstić information content (AvgIpc) is 2.98. The third kappa shape index (κ3) is 4.99. The molecule has 1 heterocycles. The number of amides is 2. The number of ether oxygens (including phenoxy) is 2. The van der Waals surface area contributed by atoms with Gasteiger partial charge in [0.2, 0.25) is 0 Å². The summed E-state index contributed by atoms with van der Waals surface area (Å²) in [5, 5.41) is 25.5. The minimum absolute atomic E-state index is 0.0189. The molecule has 0 saturated heterocycles. The Morgan fingerprint density at radius 1 is 1.38 bits per heavy atom. The maximum absolute atomic E-state index is 12.5. The lowest BCUT2D eigenvalue weighted by Gasteiger charge is -2.15. The van der Waals surface area contributed by atoms with Gasteiger partial charge in [0.25, 0.3) is 11.6 Å². The van der Waals surface area contributed by atoms with Crippen LogP contribution in [0.15, 0.2) is 29.5 Å². The van der Waals surface area contributed by atoms with Crippen molar-refractivity contribution in [1.82, 2.24) is 4.90 Å². The number of aliphatic hydroxyl groups is 1. The summed E-state index contributed by atoms with van der Waals surface area (Å²) >= 11 is 0. The Labute approximate surface area is 165 Å². The minimum atomic E-state index is -0.774. The first-order valence-electron chi connectivity index (χ1n) is 8.53. The number of benzene rings is 1. The van der Waals surface area contributed by atoms with Crippen LogP contribution >= 0.6 is 0 Å². The fraction of sp³-hybridized carbons (Fsp3) is 0.353. The van der Waals surface area contributed by atoms with Gasteiger partial charge in [-0.25, -0.2) is 9.59 Å². The number of hydrogen-bond donors (Lipinski definition) is 3. The van der Waals surface area contributed by atoms with Gasteiger partial charge < -0.3 is 24.8 Å². The molecule has 2 amide bonds. The van der Waals surface area contributed by atoms with Gasteiger partial charge in [0.05, 0.1) is 43.1 Å². The molecule has 2 rings (SSSR count). The molecule has 0 aromatic heterocycles. The topological polar surface area (TPSA) is 160 Å². The highest BCUT2D eigenvalue weighted by atomic mass is 16.6. The Bertz CT molecular complexity index is 867. The monoisotopic (exact) mass is 408 g/mol. The fourth-order valence-corrected chi connectivity index (χ4v) is 2.63. The third-order valence-electron chi connectivity index (χ3n) is 3.93. The van der Waals surface area contributed by atoms with Crippen molar-refractivity contribution in [2.45, 2.75) is 6.92 Å². The first-order valence-corrected chi connectivity index (χ1v) is 8.53. The predicted molar refractivity (Wildman–Crippen MR) is 100 cm³/mol. The lowest BCUT2D eigenvalue weighted by atomic mass is 10.2. The van der Waals surface area contributed by atoms with Crippen LogP contribution in [0, 0.1) is 10.1 Å². The number of carbonyl (C=O) groups excluding carboxylic acids is 3. The lowest BCUT2D eigenvalue weighted by Crippen LogP contribution is -2.31. The van der Waals surface area contributed by atoms with E-state index in [1.807, 2.05) is 0 Å². The van der Waals surface area contributed by atoms with Crippen molar-refractivity contribution in [3.63, 3.8) is 0 Å². The van der Waals surface area contributed by atoms with E-state index in [1.165, 1.54) is 17.0 Å². The van der Waals surface area contributed by atoms with E-state index in [2.05, 4.69) is 15.4 Å². The minimum Gasteiger partial charge on any atom is -0.466 e. The second-order valence-electron chi connectivity index (χ2n) is 5.75. The molecule has 1 aromatic carbocycles. The van der Waals surface area contributed by atoms with Crippen LogP contribution in [0.2, 0.25) is 0 Å². The van der Waals surface area contributed by atoms with Gasteiger partial charge in [-0.1, -0.05) is 0 Å². The molecule has 1 aromatic rings. The van der Waals surface area contributed by atoms with Crippen molar-refractivity contribution in [3.8, 4) is 0 Å². The number of hydrogen-bond acceptors (Lipinski definition) is 9. The molecule has 12 heteroatoms. The molecule has 0 atom stereocenters. The molecule has 0 fully saturated rings. The zero-order valence-electron chi connectivity index (χ0n) is 15.8. The number of nitro benzene ring substituents is 1. The lowest BCUT2D eigenvalue weighted by molar-refractivity contribution is -0.383. The quantitative estimate of drug-likeness (QED) is 0.321. The van der Waals surface area contributed by atoms with Crippen LogP contribution < -0.4 is 10.6 Å². The van der Waals surface area contributed by atoms with Gasteiger partial charge in [-0.15, -0.1) is 0 Å². The second-order valence-corrected chi connectivity index (χ2v) is 5.75. The van der Waals surface area contributed by atoms with E-state index in [9.17, 15) is 24.5 Å². The molecule has 12 nitrogen and oxygen atoms in total. The van der Waals surface area contributed by atoms with Crippen molar-refractivity contribution in [2.24, 2.45) is 0 Å². The highest BCUT2D eigenvalue weighted by molar-refractivity contribution is 6.08. The molecule has 29 heavy (non-hydrogen) atoms. The Morgan fingerprint density at radius 3 is 2.69 bits per heavy atom. The van der Waals surface area contributed by atoms with Crippen LogP contribution in [0.5, 0.6) is 0 Å². The number of nitrogens with one attached hydrogen (secondary N) is 2. The number of rotatable bonds is 8. The van der Waals surface area contributed by atoms with E-state index in [0.717, 1.165) is 13.2 Å². The summed E-state index contributed by atoms with van der Waals surface area (Å²) < 4.78 is 9.39. The number of methoxy groups -OCH3 is 1. The van der Waals surface area contributed by atoms with Gasteiger partial charge in [0, 0.05) is 12.6 Å². The summed E-state index contributed by atoms with van der Waals surface area (Å²) in [5.41, 5.74) is -0.597. The number of aliphatic hydroxyl groups excluding tert-OH is 1. The van der Waals surface area contributed by atoms with Crippen molar-refractivity contribution in [2.75, 3.05) is 44.0 Å². The molecule has 3 N–H and O–H groups in total. The van der Waals surface area contributed by atoms with Gasteiger partial charge in [0.1, 0.15) is 11.4 Å². The Morgan fingerprint density at radius 2 is 2.10 bits per heavy atom. The fourth-order valence-electron chi connectivity index (χ4n) is 2.63. The standard InChI is InChI=1S/C17H20N4O8/c1-3-29-17(25)18-10-4-5-12(13(8-10)21(26)27)19-14-11(16(24)28-2)9-20(6-7-22)15(14)23/h4-5,8,19,22H,3,6-7,9H2,1-2H3,(H,18,25). The Hall–Kier alpha value is -3.67. The summed E-state index contributed by atoms with van der Waals surface area (Å²) in [4.78, 5) is 48.0. The van der Waals surface area contributed by atoms with E-state index >= 15 is 0 Å². The number of nitrogens with zero attached hydrogens (tertiary/aromatic N) is 2. The van der Waals surface area contributed by atoms with Gasteiger partial charge in [-0.2, -0.15) is 0 Å². The van der Waals surface area contributed by atoms with E-state index in [4.69, 9.17) is 9.84 Å². The van der Waals surface area contributed by atoms with E-state index in [-0.39, 0.29) is 48.9 Å².